The lowest BCUT2D eigenvalue weighted by molar-refractivity contribution is 0.122. The fraction of sp³-hybridized carbons (Fsp3) is 0.357. The normalized spacial score (nSPS) is 12.0. The lowest BCUT2D eigenvalue weighted by Crippen LogP contribution is -2.29. The number of rotatable bonds is 8. The van der Waals surface area contributed by atoms with Crippen LogP contribution in [-0.4, -0.2) is 27.7 Å². The average Bonchev–Trinajstić information content (AvgIpc) is 3.54. The third-order valence-electron chi connectivity index (χ3n) is 6.13. The first-order chi connectivity index (χ1) is 18.3. The molecule has 5 aromatic rings. The van der Waals surface area contributed by atoms with Gasteiger partial charge in [0, 0.05) is 36.4 Å². The Morgan fingerprint density at radius 1 is 1.16 bits per heavy atom. The largest absolute Gasteiger partial charge is 0.460 e. The van der Waals surface area contributed by atoms with Crippen LogP contribution in [-0.2, 0) is 4.74 Å². The van der Waals surface area contributed by atoms with Gasteiger partial charge in [-0.3, -0.25) is 14.6 Å². The molecule has 0 fully saturated rings. The molecule has 8 nitrogen and oxygen atoms in total. The van der Waals surface area contributed by atoms with Gasteiger partial charge in [-0.2, -0.15) is 0 Å². The van der Waals surface area contributed by atoms with E-state index in [1.807, 2.05) is 5.38 Å². The van der Waals surface area contributed by atoms with Gasteiger partial charge in [0.2, 0.25) is 5.43 Å². The van der Waals surface area contributed by atoms with Crippen LogP contribution in [0.4, 0.5) is 0 Å². The summed E-state index contributed by atoms with van der Waals surface area (Å²) >= 11 is 2.59. The standard InChI is InChI=1S/C19H11N3O4S2.C9H20O/c1-9-6-13(23)16-15(26-9)11(8-27-16)14-7-20-19(28-14)22-12-5-3-2-4-10(12)17(24)21-18(22)25;1-4-7-10-8-6-9(3)5-2/h2-8H,1H3,(H,21,24,25);9H,4-8H2,1-3H3. The highest BCUT2D eigenvalue weighted by Crippen LogP contribution is 2.36. The van der Waals surface area contributed by atoms with Crippen molar-refractivity contribution in [3.05, 3.63) is 78.7 Å². The van der Waals surface area contributed by atoms with E-state index in [-0.39, 0.29) is 5.43 Å². The van der Waals surface area contributed by atoms with Gasteiger partial charge in [0.05, 0.1) is 15.8 Å². The molecular formula is C28H31N3O5S2. The van der Waals surface area contributed by atoms with Gasteiger partial charge < -0.3 is 9.15 Å². The van der Waals surface area contributed by atoms with Crippen LogP contribution in [0.25, 0.3) is 36.8 Å². The van der Waals surface area contributed by atoms with Crippen molar-refractivity contribution < 1.29 is 9.15 Å². The molecule has 0 saturated carbocycles. The molecule has 10 heteroatoms. The molecule has 1 aromatic carbocycles. The van der Waals surface area contributed by atoms with Crippen molar-refractivity contribution in [1.82, 2.24) is 14.5 Å². The van der Waals surface area contributed by atoms with Gasteiger partial charge in [-0.15, -0.1) is 11.3 Å². The summed E-state index contributed by atoms with van der Waals surface area (Å²) in [7, 11) is 0. The first kappa shape index (κ1) is 27.7. The first-order valence-corrected chi connectivity index (χ1v) is 14.3. The molecule has 4 heterocycles. The number of benzene rings is 1. The van der Waals surface area contributed by atoms with Crippen molar-refractivity contribution in [2.24, 2.45) is 5.92 Å². The zero-order valence-corrected chi connectivity index (χ0v) is 23.5. The lowest BCUT2D eigenvalue weighted by Gasteiger charge is -2.07. The molecule has 0 bridgehead atoms. The van der Waals surface area contributed by atoms with E-state index in [2.05, 4.69) is 30.7 Å². The third-order valence-corrected chi connectivity index (χ3v) is 8.12. The Kier molecular flexibility index (Phi) is 9.09. The summed E-state index contributed by atoms with van der Waals surface area (Å²) in [6, 6.07) is 8.32. The summed E-state index contributed by atoms with van der Waals surface area (Å²) in [6.45, 7) is 10.2. The Balaban J connectivity index is 0.000000289. The maximum atomic E-state index is 12.5. The molecule has 1 unspecified atom stereocenters. The molecule has 1 N–H and O–H groups in total. The number of aromatic amines is 1. The summed E-state index contributed by atoms with van der Waals surface area (Å²) in [5.41, 5.74) is 0.685. The predicted molar refractivity (Wildman–Crippen MR) is 155 cm³/mol. The number of para-hydroxylation sites is 1. The Hall–Kier alpha value is -3.34. The van der Waals surface area contributed by atoms with Crippen LogP contribution in [0.3, 0.4) is 0 Å². The van der Waals surface area contributed by atoms with Crippen molar-refractivity contribution >= 4 is 43.9 Å². The second-order valence-corrected chi connectivity index (χ2v) is 11.0. The number of thiazole rings is 1. The van der Waals surface area contributed by atoms with E-state index in [9.17, 15) is 14.4 Å². The molecule has 1 atom stereocenters. The SMILES string of the molecule is CCCOCCC(C)CC.Cc1cc(=O)c2scc(-c3cnc(-n4c(=O)[nH]c(=O)c5ccccc54)s3)c2o1. The highest BCUT2D eigenvalue weighted by Gasteiger charge is 2.17. The summed E-state index contributed by atoms with van der Waals surface area (Å²) in [5, 5.41) is 2.67. The average molecular weight is 554 g/mol. The minimum absolute atomic E-state index is 0.0809. The maximum absolute atomic E-state index is 12.5. The Morgan fingerprint density at radius 3 is 2.71 bits per heavy atom. The molecule has 0 aliphatic heterocycles. The number of nitrogens with zero attached hydrogens (tertiary/aromatic N) is 2. The second-order valence-electron chi connectivity index (χ2n) is 9.06. The molecule has 0 aliphatic rings. The van der Waals surface area contributed by atoms with Crippen molar-refractivity contribution in [3.8, 4) is 15.6 Å². The highest BCUT2D eigenvalue weighted by atomic mass is 32.1. The van der Waals surface area contributed by atoms with Gasteiger partial charge in [-0.25, -0.2) is 14.3 Å². The summed E-state index contributed by atoms with van der Waals surface area (Å²) < 4.78 is 13.0. The number of H-pyrrole nitrogens is 1. The first-order valence-electron chi connectivity index (χ1n) is 12.6. The van der Waals surface area contributed by atoms with Gasteiger partial charge in [-0.1, -0.05) is 50.7 Å². The van der Waals surface area contributed by atoms with Crippen molar-refractivity contribution in [1.29, 1.82) is 0 Å². The Bertz CT molecular complexity index is 1710. The Labute approximate surface area is 227 Å². The number of ether oxygens (including phenoxy) is 1. The van der Waals surface area contributed by atoms with Crippen LogP contribution < -0.4 is 16.7 Å². The van der Waals surface area contributed by atoms with Gasteiger partial charge in [-0.05, 0) is 37.8 Å². The van der Waals surface area contributed by atoms with Gasteiger partial charge in [0.15, 0.2) is 10.7 Å². The van der Waals surface area contributed by atoms with Crippen LogP contribution >= 0.6 is 22.7 Å². The fourth-order valence-corrected chi connectivity index (χ4v) is 5.76. The summed E-state index contributed by atoms with van der Waals surface area (Å²) in [6.07, 6.45) is 5.27. The number of aryl methyl sites for hydroxylation is 1. The van der Waals surface area contributed by atoms with Crippen LogP contribution in [0.15, 0.2) is 60.7 Å². The van der Waals surface area contributed by atoms with Crippen molar-refractivity contribution in [2.75, 3.05) is 13.2 Å². The number of fused-ring (bicyclic) bond motifs is 2. The molecular weight excluding hydrogens is 522 g/mol. The summed E-state index contributed by atoms with van der Waals surface area (Å²) in [4.78, 5) is 44.1. The highest BCUT2D eigenvalue weighted by molar-refractivity contribution is 7.20. The topological polar surface area (TPSA) is 107 Å². The van der Waals surface area contributed by atoms with E-state index in [0.717, 1.165) is 36.0 Å². The quantitative estimate of drug-likeness (QED) is 0.232. The zero-order valence-electron chi connectivity index (χ0n) is 21.9. The molecule has 38 heavy (non-hydrogen) atoms. The minimum Gasteiger partial charge on any atom is -0.460 e. The Morgan fingerprint density at radius 2 is 1.95 bits per heavy atom. The molecule has 200 valence electrons. The number of aromatic nitrogens is 3. The number of hydrogen-bond donors (Lipinski definition) is 1. The molecule has 0 aliphatic carbocycles. The van der Waals surface area contributed by atoms with E-state index in [0.29, 0.717) is 32.1 Å². The van der Waals surface area contributed by atoms with E-state index >= 15 is 0 Å². The van der Waals surface area contributed by atoms with E-state index in [1.54, 1.807) is 37.4 Å². The monoisotopic (exact) mass is 553 g/mol. The molecule has 0 spiro atoms. The number of thiophene rings is 1. The third kappa shape index (κ3) is 6.03. The second kappa shape index (κ2) is 12.5. The maximum Gasteiger partial charge on any atom is 0.335 e. The minimum atomic E-state index is -0.554. The molecule has 5 rings (SSSR count). The van der Waals surface area contributed by atoms with Gasteiger partial charge in [0.1, 0.15) is 10.5 Å². The van der Waals surface area contributed by atoms with Crippen LogP contribution in [0.5, 0.6) is 0 Å². The zero-order chi connectivity index (χ0) is 27.2. The fourth-order valence-electron chi connectivity index (χ4n) is 3.84. The van der Waals surface area contributed by atoms with Crippen LogP contribution in [0.1, 0.15) is 45.8 Å². The van der Waals surface area contributed by atoms with E-state index in [1.165, 1.54) is 46.1 Å². The van der Waals surface area contributed by atoms with Crippen molar-refractivity contribution in [3.63, 3.8) is 0 Å². The van der Waals surface area contributed by atoms with Gasteiger partial charge in [0.25, 0.3) is 5.56 Å². The van der Waals surface area contributed by atoms with Crippen LogP contribution in [0.2, 0.25) is 0 Å². The van der Waals surface area contributed by atoms with Crippen LogP contribution in [0, 0.1) is 12.8 Å². The molecule has 4 aromatic heterocycles. The number of hydrogen-bond acceptors (Lipinski definition) is 8. The smallest absolute Gasteiger partial charge is 0.335 e. The lowest BCUT2D eigenvalue weighted by atomic mass is 10.1. The van der Waals surface area contributed by atoms with Crippen molar-refractivity contribution in [2.45, 2.75) is 47.0 Å². The van der Waals surface area contributed by atoms with Gasteiger partial charge >= 0.3 is 5.69 Å². The molecule has 0 radical (unpaired) electrons. The van der Waals surface area contributed by atoms with E-state index < -0.39 is 11.2 Å². The number of nitrogens with one attached hydrogen (secondary N) is 1. The molecule has 0 saturated heterocycles. The molecule has 0 amide bonds. The summed E-state index contributed by atoms with van der Waals surface area (Å²) in [5.74, 6) is 1.36. The predicted octanol–water partition coefficient (Wildman–Crippen LogP) is 6.13. The van der Waals surface area contributed by atoms with E-state index in [4.69, 9.17) is 9.15 Å².